The predicted molar refractivity (Wildman–Crippen MR) is 100 cm³/mol. The highest BCUT2D eigenvalue weighted by molar-refractivity contribution is 6.03. The van der Waals surface area contributed by atoms with Gasteiger partial charge in [-0.1, -0.05) is 12.1 Å². The second-order valence-electron chi connectivity index (χ2n) is 6.16. The first kappa shape index (κ1) is 18.4. The number of aryl methyl sites for hydroxylation is 3. The summed E-state index contributed by atoms with van der Waals surface area (Å²) in [4.78, 5) is 20.7. The molecule has 1 aromatic heterocycles. The van der Waals surface area contributed by atoms with Gasteiger partial charge >= 0.3 is 0 Å². The molecule has 0 radical (unpaired) electrons. The average molecular weight is 368 g/mol. The zero-order valence-corrected chi connectivity index (χ0v) is 15.1. The van der Waals surface area contributed by atoms with Gasteiger partial charge in [0.1, 0.15) is 34.7 Å². The number of hydrogen-bond donors (Lipinski definition) is 2. The van der Waals surface area contributed by atoms with Crippen molar-refractivity contribution in [1.82, 2.24) is 9.97 Å². The maximum atomic E-state index is 13.7. The third-order valence-electron chi connectivity index (χ3n) is 4.05. The lowest BCUT2D eigenvalue weighted by molar-refractivity contribution is 0.102. The van der Waals surface area contributed by atoms with E-state index in [1.54, 1.807) is 6.92 Å². The van der Waals surface area contributed by atoms with Gasteiger partial charge < -0.3 is 10.6 Å². The van der Waals surface area contributed by atoms with Gasteiger partial charge in [-0.3, -0.25) is 4.79 Å². The molecule has 27 heavy (non-hydrogen) atoms. The van der Waals surface area contributed by atoms with Gasteiger partial charge in [0, 0.05) is 11.8 Å². The predicted octanol–water partition coefficient (Wildman–Crippen LogP) is 4.68. The Bertz CT molecular complexity index is 1000. The molecule has 2 N–H and O–H groups in total. The van der Waals surface area contributed by atoms with Gasteiger partial charge in [0.25, 0.3) is 5.91 Å². The number of para-hydroxylation sites is 1. The Morgan fingerprint density at radius 3 is 2.30 bits per heavy atom. The number of rotatable bonds is 4. The fourth-order valence-electron chi connectivity index (χ4n) is 2.51. The molecule has 0 saturated carbocycles. The SMILES string of the molecule is Cc1nc(Nc2ccc(C)c(C)c2)cc(C(=O)Nc2c(F)cccc2F)n1. The zero-order valence-electron chi connectivity index (χ0n) is 15.1. The monoisotopic (exact) mass is 368 g/mol. The van der Waals surface area contributed by atoms with Crippen molar-refractivity contribution in [3.63, 3.8) is 0 Å². The van der Waals surface area contributed by atoms with Gasteiger partial charge in [0.05, 0.1) is 0 Å². The number of carbonyl (C=O) groups excluding carboxylic acids is 1. The highest BCUT2D eigenvalue weighted by Crippen LogP contribution is 2.21. The Hall–Kier alpha value is -3.35. The van der Waals surface area contributed by atoms with Crippen LogP contribution in [0.25, 0.3) is 0 Å². The van der Waals surface area contributed by atoms with E-state index in [9.17, 15) is 13.6 Å². The molecule has 0 saturated heterocycles. The molecule has 0 aliphatic rings. The van der Waals surface area contributed by atoms with Crippen LogP contribution in [-0.4, -0.2) is 15.9 Å². The number of amides is 1. The molecule has 0 unspecified atom stereocenters. The fourth-order valence-corrected chi connectivity index (χ4v) is 2.51. The standard InChI is InChI=1S/C20H18F2N4O/c1-11-7-8-14(9-12(11)2)25-18-10-17(23-13(3)24-18)20(27)26-19-15(21)5-4-6-16(19)22/h4-10H,1-3H3,(H,26,27)(H,23,24,25). The third kappa shape index (κ3) is 4.25. The number of benzene rings is 2. The van der Waals surface area contributed by atoms with Gasteiger partial charge in [0.15, 0.2) is 0 Å². The molecule has 0 fully saturated rings. The van der Waals surface area contributed by atoms with Crippen LogP contribution in [0.3, 0.4) is 0 Å². The minimum atomic E-state index is -0.859. The number of nitrogens with one attached hydrogen (secondary N) is 2. The smallest absolute Gasteiger partial charge is 0.274 e. The Morgan fingerprint density at radius 2 is 1.63 bits per heavy atom. The van der Waals surface area contributed by atoms with E-state index in [1.807, 2.05) is 32.0 Å². The minimum absolute atomic E-state index is 0.00325. The van der Waals surface area contributed by atoms with Crippen LogP contribution in [0.4, 0.5) is 26.0 Å². The van der Waals surface area contributed by atoms with Crippen molar-refractivity contribution in [3.8, 4) is 0 Å². The maximum absolute atomic E-state index is 13.7. The molecule has 2 aromatic carbocycles. The van der Waals surface area contributed by atoms with Crippen LogP contribution >= 0.6 is 0 Å². The molecule has 0 spiro atoms. The second kappa shape index (κ2) is 7.49. The summed E-state index contributed by atoms with van der Waals surface area (Å²) in [6.07, 6.45) is 0. The van der Waals surface area contributed by atoms with Gasteiger partial charge in [-0.15, -0.1) is 0 Å². The van der Waals surface area contributed by atoms with Crippen molar-refractivity contribution >= 4 is 23.1 Å². The lowest BCUT2D eigenvalue weighted by Crippen LogP contribution is -2.17. The van der Waals surface area contributed by atoms with Crippen molar-refractivity contribution < 1.29 is 13.6 Å². The molecule has 0 aliphatic carbocycles. The van der Waals surface area contributed by atoms with E-state index in [0.29, 0.717) is 11.6 Å². The van der Waals surface area contributed by atoms with Gasteiger partial charge in [-0.05, 0) is 56.2 Å². The van der Waals surface area contributed by atoms with Gasteiger partial charge in [-0.25, -0.2) is 18.7 Å². The van der Waals surface area contributed by atoms with Crippen LogP contribution in [-0.2, 0) is 0 Å². The number of halogens is 2. The number of anilines is 3. The first-order chi connectivity index (χ1) is 12.8. The average Bonchev–Trinajstić information content (AvgIpc) is 2.61. The number of aromatic nitrogens is 2. The fraction of sp³-hybridized carbons (Fsp3) is 0.150. The number of nitrogens with zero attached hydrogens (tertiary/aromatic N) is 2. The van der Waals surface area contributed by atoms with Crippen LogP contribution in [0.15, 0.2) is 42.5 Å². The first-order valence-electron chi connectivity index (χ1n) is 8.29. The van der Waals surface area contributed by atoms with Gasteiger partial charge in [-0.2, -0.15) is 0 Å². The third-order valence-corrected chi connectivity index (χ3v) is 4.05. The van der Waals surface area contributed by atoms with Crippen LogP contribution in [0.2, 0.25) is 0 Å². The van der Waals surface area contributed by atoms with Crippen molar-refractivity contribution in [2.24, 2.45) is 0 Å². The number of hydrogen-bond acceptors (Lipinski definition) is 4. The Morgan fingerprint density at radius 1 is 0.926 bits per heavy atom. The van der Waals surface area contributed by atoms with E-state index in [4.69, 9.17) is 0 Å². The van der Waals surface area contributed by atoms with Crippen molar-refractivity contribution in [2.45, 2.75) is 20.8 Å². The Labute approximate surface area is 155 Å². The van der Waals surface area contributed by atoms with Crippen molar-refractivity contribution in [2.75, 3.05) is 10.6 Å². The van der Waals surface area contributed by atoms with Crippen LogP contribution in [0.5, 0.6) is 0 Å². The highest BCUT2D eigenvalue weighted by Gasteiger charge is 2.16. The highest BCUT2D eigenvalue weighted by atomic mass is 19.1. The first-order valence-corrected chi connectivity index (χ1v) is 8.29. The normalized spacial score (nSPS) is 10.6. The summed E-state index contributed by atoms with van der Waals surface area (Å²) in [6, 6.07) is 10.6. The molecule has 7 heteroatoms. The van der Waals surface area contributed by atoms with E-state index in [1.165, 1.54) is 12.1 Å². The largest absolute Gasteiger partial charge is 0.340 e. The summed E-state index contributed by atoms with van der Waals surface area (Å²) in [6.45, 7) is 5.64. The van der Waals surface area contributed by atoms with E-state index in [0.717, 1.165) is 28.9 Å². The zero-order chi connectivity index (χ0) is 19.6. The quantitative estimate of drug-likeness (QED) is 0.702. The van der Waals surface area contributed by atoms with E-state index >= 15 is 0 Å². The van der Waals surface area contributed by atoms with Crippen LogP contribution in [0, 0.1) is 32.4 Å². The Kier molecular flexibility index (Phi) is 5.12. The molecule has 0 bridgehead atoms. The lowest BCUT2D eigenvalue weighted by Gasteiger charge is -2.11. The molecule has 138 valence electrons. The molecule has 0 aliphatic heterocycles. The molecule has 3 aromatic rings. The molecular weight excluding hydrogens is 350 g/mol. The molecule has 1 heterocycles. The van der Waals surface area contributed by atoms with Crippen molar-refractivity contribution in [3.05, 3.63) is 76.7 Å². The van der Waals surface area contributed by atoms with E-state index in [-0.39, 0.29) is 5.69 Å². The molecule has 3 rings (SSSR count). The van der Waals surface area contributed by atoms with E-state index < -0.39 is 23.2 Å². The summed E-state index contributed by atoms with van der Waals surface area (Å²) in [5.41, 5.74) is 2.56. The maximum Gasteiger partial charge on any atom is 0.274 e. The molecule has 1 amide bonds. The summed E-state index contributed by atoms with van der Waals surface area (Å²) in [5.74, 6) is -1.69. The van der Waals surface area contributed by atoms with Crippen molar-refractivity contribution in [1.29, 1.82) is 0 Å². The lowest BCUT2D eigenvalue weighted by atomic mass is 10.1. The topological polar surface area (TPSA) is 66.9 Å². The van der Waals surface area contributed by atoms with Crippen LogP contribution in [0.1, 0.15) is 27.4 Å². The summed E-state index contributed by atoms with van der Waals surface area (Å²) in [5, 5.41) is 5.34. The summed E-state index contributed by atoms with van der Waals surface area (Å²) >= 11 is 0. The van der Waals surface area contributed by atoms with E-state index in [2.05, 4.69) is 20.6 Å². The second-order valence-corrected chi connectivity index (χ2v) is 6.16. The number of carbonyl (C=O) groups is 1. The minimum Gasteiger partial charge on any atom is -0.340 e. The molecular formula is C20H18F2N4O. The van der Waals surface area contributed by atoms with Crippen LogP contribution < -0.4 is 10.6 Å². The van der Waals surface area contributed by atoms with Gasteiger partial charge in [0.2, 0.25) is 0 Å². The summed E-state index contributed by atoms with van der Waals surface area (Å²) in [7, 11) is 0. The molecule has 5 nitrogen and oxygen atoms in total. The molecule has 0 atom stereocenters. The summed E-state index contributed by atoms with van der Waals surface area (Å²) < 4.78 is 27.5. The Balaban J connectivity index is 1.86.